The van der Waals surface area contributed by atoms with Gasteiger partial charge in [-0.1, -0.05) is 13.5 Å². The predicted octanol–water partition coefficient (Wildman–Crippen LogP) is 2.08. The number of hydrogen-bond acceptors (Lipinski definition) is 20. The van der Waals surface area contributed by atoms with Crippen LogP contribution >= 0.6 is 0 Å². The van der Waals surface area contributed by atoms with Crippen LogP contribution in [0.1, 0.15) is 13.3 Å². The molecule has 0 fully saturated rings. The normalized spacial score (nSPS) is 11.8. The first-order chi connectivity index (χ1) is 32.1. The largest absolute Gasteiger partial charge is 0.460 e. The molecule has 0 aromatic heterocycles. The third-order valence-electron chi connectivity index (χ3n) is 8.48. The van der Waals surface area contributed by atoms with Gasteiger partial charge < -0.3 is 90.0 Å². The molecule has 0 atom stereocenters. The smallest absolute Gasteiger partial charge is 0.330 e. The van der Waals surface area contributed by atoms with E-state index in [1.807, 2.05) is 0 Å². The van der Waals surface area contributed by atoms with Crippen LogP contribution in [0.5, 0.6) is 0 Å². The summed E-state index contributed by atoms with van der Waals surface area (Å²) < 4.78 is 105. The fourth-order valence-electron chi connectivity index (χ4n) is 4.86. The maximum atomic E-state index is 10.9. The number of carbonyl (C=O) groups excluding carboxylic acids is 1. The molecule has 0 rings (SSSR count). The second-order valence-electron chi connectivity index (χ2n) is 13.6. The van der Waals surface area contributed by atoms with Gasteiger partial charge in [0.1, 0.15) is 6.61 Å². The molecule has 0 unspecified atom stereocenters. The van der Waals surface area contributed by atoms with Crippen LogP contribution < -0.4 is 0 Å². The Morgan fingerprint density at radius 2 is 0.508 bits per heavy atom. The average Bonchev–Trinajstić information content (AvgIpc) is 3.32. The highest BCUT2D eigenvalue weighted by molar-refractivity contribution is 5.81. The van der Waals surface area contributed by atoms with Crippen molar-refractivity contribution in [3.05, 3.63) is 26.5 Å². The van der Waals surface area contributed by atoms with E-state index in [0.29, 0.717) is 238 Å². The molecule has 0 amide bonds. The molecular weight excluding hydrogens is 860 g/mol. The van der Waals surface area contributed by atoms with Crippen molar-refractivity contribution in [3.8, 4) is 0 Å². The molecule has 0 spiro atoms. The molecule has 0 bridgehead atoms. The number of hydrogen-bond donors (Lipinski definition) is 0. The second kappa shape index (κ2) is 55.1. The zero-order chi connectivity index (χ0) is 47.1. The maximum absolute atomic E-state index is 10.9. The Kier molecular flexibility index (Phi) is 53.8. The van der Waals surface area contributed by atoms with Crippen LogP contribution in [0.4, 0.5) is 0 Å². The van der Waals surface area contributed by atoms with E-state index in [2.05, 4.69) is 27.4 Å². The number of esters is 1. The van der Waals surface area contributed by atoms with Crippen LogP contribution in [-0.4, -0.2) is 250 Å². The molecule has 2 radical (unpaired) electrons. The van der Waals surface area contributed by atoms with Crippen molar-refractivity contribution < 1.29 is 94.8 Å². The van der Waals surface area contributed by atoms with Crippen molar-refractivity contribution in [2.45, 2.75) is 13.3 Å². The average molecular weight is 947 g/mol. The van der Waals surface area contributed by atoms with Gasteiger partial charge in [0.15, 0.2) is 0 Å². The third-order valence-corrected chi connectivity index (χ3v) is 8.48. The van der Waals surface area contributed by atoms with Gasteiger partial charge in [-0.05, 0) is 20.3 Å². The van der Waals surface area contributed by atoms with E-state index in [1.165, 1.54) is 0 Å². The van der Waals surface area contributed by atoms with Crippen molar-refractivity contribution in [2.75, 3.05) is 244 Å². The SMILES string of the molecule is [CH2]COCCOCCOCCOCCOCCOCC(CC)(COCCOCCOCCOCCOCCOC[CH2])COCCOCCOCCOCCOCCOCCOC(=O)C=C. The number of carbonyl (C=O) groups is 1. The van der Waals surface area contributed by atoms with Gasteiger partial charge in [-0.25, -0.2) is 4.79 Å². The van der Waals surface area contributed by atoms with E-state index in [0.717, 1.165) is 12.5 Å². The quantitative estimate of drug-likeness (QED) is 0.0489. The van der Waals surface area contributed by atoms with Crippen LogP contribution in [0.3, 0.4) is 0 Å². The molecule has 0 aliphatic rings. The highest BCUT2D eigenvalue weighted by Crippen LogP contribution is 2.24. The monoisotopic (exact) mass is 947 g/mol. The molecule has 0 aliphatic heterocycles. The Hall–Kier alpha value is -1.51. The van der Waals surface area contributed by atoms with E-state index < -0.39 is 5.97 Å². The Labute approximate surface area is 389 Å². The Bertz CT molecular complexity index is 900. The van der Waals surface area contributed by atoms with Crippen LogP contribution in [0.15, 0.2) is 12.7 Å². The zero-order valence-electron chi connectivity index (χ0n) is 39.7. The van der Waals surface area contributed by atoms with Crippen LogP contribution in [0, 0.1) is 19.3 Å². The highest BCUT2D eigenvalue weighted by atomic mass is 16.6. The van der Waals surface area contributed by atoms with Crippen molar-refractivity contribution >= 4 is 5.97 Å². The van der Waals surface area contributed by atoms with E-state index in [1.54, 1.807) is 0 Å². The summed E-state index contributed by atoms with van der Waals surface area (Å²) in [5.41, 5.74) is -0.366. The zero-order valence-corrected chi connectivity index (χ0v) is 39.7. The first-order valence-corrected chi connectivity index (χ1v) is 22.9. The summed E-state index contributed by atoms with van der Waals surface area (Å²) in [5, 5.41) is 0. The lowest BCUT2D eigenvalue weighted by Crippen LogP contribution is -2.38. The third kappa shape index (κ3) is 50.2. The lowest BCUT2D eigenvalue weighted by molar-refractivity contribution is -0.139. The topological polar surface area (TPSA) is 192 Å². The summed E-state index contributed by atoms with van der Waals surface area (Å²) in [6.07, 6.45) is 1.89. The fraction of sp³-hybridized carbons (Fsp3) is 0.889. The van der Waals surface area contributed by atoms with Crippen LogP contribution in [0.2, 0.25) is 0 Å². The minimum atomic E-state index is -0.469. The van der Waals surface area contributed by atoms with E-state index >= 15 is 0 Å². The highest BCUT2D eigenvalue weighted by Gasteiger charge is 2.30. The molecule has 0 saturated carbocycles. The summed E-state index contributed by atoms with van der Waals surface area (Å²) in [4.78, 5) is 10.9. The van der Waals surface area contributed by atoms with E-state index in [-0.39, 0.29) is 12.0 Å². The standard InChI is InChI=1S/C45H86O20/c1-5-44(46)65-40-39-61-32-31-57-24-23-53-19-22-56-27-30-60-35-38-64-43-45(6-2,41-62-36-33-58-28-25-54-20-17-51-15-13-49-11-9-47-7-3)42-63-37-34-59-29-26-55-21-18-52-16-14-50-12-10-48-8-4/h5H,1,3-4,6-43H2,2H3. The van der Waals surface area contributed by atoms with E-state index in [4.69, 9.17) is 90.0 Å². The first-order valence-electron chi connectivity index (χ1n) is 22.9. The Morgan fingerprint density at radius 3 is 0.692 bits per heavy atom. The molecule has 0 aliphatic carbocycles. The van der Waals surface area contributed by atoms with Gasteiger partial charge in [-0.15, -0.1) is 0 Å². The molecule has 0 saturated heterocycles. The van der Waals surface area contributed by atoms with Crippen LogP contribution in [-0.2, 0) is 94.8 Å². The van der Waals surface area contributed by atoms with E-state index in [9.17, 15) is 4.79 Å². The van der Waals surface area contributed by atoms with Gasteiger partial charge in [0.05, 0.1) is 225 Å². The fourth-order valence-corrected chi connectivity index (χ4v) is 4.86. The van der Waals surface area contributed by atoms with Gasteiger partial charge in [-0.2, -0.15) is 0 Å². The minimum absolute atomic E-state index is 0.182. The predicted molar refractivity (Wildman–Crippen MR) is 239 cm³/mol. The Balaban J connectivity index is 4.18. The summed E-state index contributed by atoms with van der Waals surface area (Å²) in [7, 11) is 0. The molecule has 20 heteroatoms. The molecule has 0 heterocycles. The minimum Gasteiger partial charge on any atom is -0.460 e. The summed E-state index contributed by atoms with van der Waals surface area (Å²) >= 11 is 0. The molecule has 0 N–H and O–H groups in total. The second-order valence-corrected chi connectivity index (χ2v) is 13.6. The van der Waals surface area contributed by atoms with Gasteiger partial charge in [0.2, 0.25) is 0 Å². The Morgan fingerprint density at radius 1 is 0.323 bits per heavy atom. The first kappa shape index (κ1) is 63.5. The molecular formula is C45H86O20. The molecule has 386 valence electrons. The summed E-state index contributed by atoms with van der Waals surface area (Å²) in [5.74, 6) is -0.469. The summed E-state index contributed by atoms with van der Waals surface area (Å²) in [6.45, 7) is 29.4. The number of rotatable bonds is 58. The van der Waals surface area contributed by atoms with Gasteiger partial charge in [0.25, 0.3) is 0 Å². The lowest BCUT2D eigenvalue weighted by Gasteiger charge is -2.32. The molecule has 0 aromatic rings. The number of ether oxygens (including phenoxy) is 19. The van der Waals surface area contributed by atoms with Crippen molar-refractivity contribution in [1.82, 2.24) is 0 Å². The van der Waals surface area contributed by atoms with Gasteiger partial charge >= 0.3 is 5.97 Å². The molecule has 0 aromatic carbocycles. The van der Waals surface area contributed by atoms with Gasteiger partial charge in [0, 0.05) is 24.7 Å². The molecule has 65 heavy (non-hydrogen) atoms. The molecule has 20 nitrogen and oxygen atoms in total. The lowest BCUT2D eigenvalue weighted by atomic mass is 9.88. The summed E-state index contributed by atoms with van der Waals surface area (Å²) in [6, 6.07) is 0. The van der Waals surface area contributed by atoms with Crippen LogP contribution in [0.25, 0.3) is 0 Å². The van der Waals surface area contributed by atoms with Crippen molar-refractivity contribution in [1.29, 1.82) is 0 Å². The van der Waals surface area contributed by atoms with Gasteiger partial charge in [-0.3, -0.25) is 0 Å². The van der Waals surface area contributed by atoms with Crippen molar-refractivity contribution in [3.63, 3.8) is 0 Å². The van der Waals surface area contributed by atoms with Crippen molar-refractivity contribution in [2.24, 2.45) is 5.41 Å². The maximum Gasteiger partial charge on any atom is 0.330 e.